The summed E-state index contributed by atoms with van der Waals surface area (Å²) in [7, 11) is 1.58. The molecule has 3 aromatic carbocycles. The molecule has 4 amide bonds. The average Bonchev–Trinajstić information content (AvgIpc) is 3.51. The number of imide groups is 1. The molecule has 11 nitrogen and oxygen atoms in total. The van der Waals surface area contributed by atoms with Gasteiger partial charge in [-0.25, -0.2) is 4.98 Å². The van der Waals surface area contributed by atoms with Crippen molar-refractivity contribution in [1.29, 1.82) is 0 Å². The number of nitrogens with two attached hydrogens (primary N) is 1. The predicted molar refractivity (Wildman–Crippen MR) is 171 cm³/mol. The number of fused-ring (bicyclic) bond motifs is 2. The number of aryl methyl sites for hydroxylation is 1. The molecule has 0 saturated carbocycles. The van der Waals surface area contributed by atoms with Crippen molar-refractivity contribution in [1.82, 2.24) is 9.88 Å². The number of anilines is 2. The maximum atomic E-state index is 13.6. The smallest absolute Gasteiger partial charge is 0.263 e. The van der Waals surface area contributed by atoms with E-state index in [1.165, 1.54) is 17.8 Å². The van der Waals surface area contributed by atoms with Crippen molar-refractivity contribution in [3.05, 3.63) is 112 Å². The van der Waals surface area contributed by atoms with Gasteiger partial charge >= 0.3 is 0 Å². The van der Waals surface area contributed by atoms with Crippen LogP contribution in [0.1, 0.15) is 61.1 Å². The first-order valence-corrected chi connectivity index (χ1v) is 14.9. The molecule has 1 unspecified atom stereocenters. The Kier molecular flexibility index (Phi) is 8.39. The molecule has 3 N–H and O–H groups in total. The van der Waals surface area contributed by atoms with Gasteiger partial charge in [-0.3, -0.25) is 24.1 Å². The minimum absolute atomic E-state index is 0.0155. The summed E-state index contributed by atoms with van der Waals surface area (Å²) in [6.45, 7) is 2.20. The lowest BCUT2D eigenvalue weighted by molar-refractivity contribution is -0.116. The van der Waals surface area contributed by atoms with Crippen LogP contribution in [0.4, 0.5) is 11.5 Å². The molecule has 0 spiro atoms. The number of ether oxygens (including phenoxy) is 2. The van der Waals surface area contributed by atoms with Gasteiger partial charge < -0.3 is 25.4 Å². The van der Waals surface area contributed by atoms with E-state index < -0.39 is 17.7 Å². The first-order valence-electron chi connectivity index (χ1n) is 14.9. The molecule has 6 rings (SSSR count). The summed E-state index contributed by atoms with van der Waals surface area (Å²) in [4.78, 5) is 57.9. The zero-order chi connectivity index (χ0) is 32.4. The van der Waals surface area contributed by atoms with Crippen LogP contribution in [-0.4, -0.2) is 53.3 Å². The zero-order valence-electron chi connectivity index (χ0n) is 25.5. The molecule has 0 radical (unpaired) electrons. The Hall–Kier alpha value is -5.71. The van der Waals surface area contributed by atoms with Gasteiger partial charge in [0.1, 0.15) is 5.82 Å². The van der Waals surface area contributed by atoms with Crippen LogP contribution in [0.15, 0.2) is 79.0 Å². The predicted octanol–water partition coefficient (Wildman–Crippen LogP) is 4.34. The van der Waals surface area contributed by atoms with E-state index in [2.05, 4.69) is 22.4 Å². The fraction of sp³-hybridized carbons (Fsp3) is 0.229. The van der Waals surface area contributed by atoms with Crippen LogP contribution >= 0.6 is 0 Å². The van der Waals surface area contributed by atoms with Gasteiger partial charge in [0.05, 0.1) is 44.0 Å². The van der Waals surface area contributed by atoms with E-state index >= 15 is 0 Å². The van der Waals surface area contributed by atoms with Crippen LogP contribution < -0.4 is 25.4 Å². The standard InChI is InChI=1S/C35H33N5O6/c1-21(8-9-22-6-4-3-5-7-22)46-30-15-25(12-13-29(30)45-2)39-20-24-11-10-23(14-26(24)33(39)42)19-40-34(43)27-16-32(38-18-31(36)41)37-17-28(27)35(40)44/h3-7,10-17,21H,8-9,18-20H2,1-2H3,(H2,36,41)(H,37,38). The van der Waals surface area contributed by atoms with Crippen LogP contribution in [0.2, 0.25) is 0 Å². The maximum Gasteiger partial charge on any atom is 0.263 e. The van der Waals surface area contributed by atoms with Crippen molar-refractivity contribution in [3.8, 4) is 11.5 Å². The molecule has 0 fully saturated rings. The first kappa shape index (κ1) is 30.3. The Morgan fingerprint density at radius 2 is 1.70 bits per heavy atom. The number of hydrogen-bond donors (Lipinski definition) is 2. The van der Waals surface area contributed by atoms with Crippen LogP contribution in [0.3, 0.4) is 0 Å². The number of aromatic nitrogens is 1. The fourth-order valence-corrected chi connectivity index (χ4v) is 5.66. The molecule has 2 aliphatic rings. The van der Waals surface area contributed by atoms with E-state index in [0.717, 1.165) is 23.3 Å². The Morgan fingerprint density at radius 3 is 2.46 bits per heavy atom. The van der Waals surface area contributed by atoms with Crippen LogP contribution in [0, 0.1) is 0 Å². The maximum absolute atomic E-state index is 13.6. The van der Waals surface area contributed by atoms with E-state index in [4.69, 9.17) is 15.2 Å². The summed E-state index contributed by atoms with van der Waals surface area (Å²) in [5.41, 5.74) is 9.40. The number of nitrogens with one attached hydrogen (secondary N) is 1. The van der Waals surface area contributed by atoms with E-state index in [1.807, 2.05) is 49.4 Å². The monoisotopic (exact) mass is 619 g/mol. The Bertz CT molecular complexity index is 1840. The molecule has 1 aromatic heterocycles. The van der Waals surface area contributed by atoms with Gasteiger partial charge in [-0.15, -0.1) is 0 Å². The number of carbonyl (C=O) groups is 4. The molecule has 0 bridgehead atoms. The number of amides is 4. The van der Waals surface area contributed by atoms with Crippen LogP contribution in [-0.2, 0) is 24.3 Å². The fourth-order valence-electron chi connectivity index (χ4n) is 5.66. The van der Waals surface area contributed by atoms with Gasteiger partial charge in [0.25, 0.3) is 17.7 Å². The normalized spacial score (nSPS) is 14.3. The summed E-state index contributed by atoms with van der Waals surface area (Å²) in [6, 6.07) is 22.5. The quantitative estimate of drug-likeness (QED) is 0.223. The molecule has 1 atom stereocenters. The van der Waals surface area contributed by atoms with Gasteiger partial charge in [-0.1, -0.05) is 42.5 Å². The van der Waals surface area contributed by atoms with Gasteiger partial charge in [0.2, 0.25) is 5.91 Å². The Balaban J connectivity index is 1.15. The minimum atomic E-state index is -0.582. The molecule has 0 saturated heterocycles. The van der Waals surface area contributed by atoms with Crippen LogP contribution in [0.5, 0.6) is 11.5 Å². The molecule has 3 heterocycles. The van der Waals surface area contributed by atoms with E-state index in [0.29, 0.717) is 34.9 Å². The number of nitrogens with zero attached hydrogens (tertiary/aromatic N) is 3. The Labute approximate surface area is 265 Å². The SMILES string of the molecule is COc1ccc(N2Cc3ccc(CN4C(=O)c5cnc(NCC(N)=O)cc5C4=O)cc3C2=O)cc1OC(C)CCc1ccccc1. The summed E-state index contributed by atoms with van der Waals surface area (Å²) in [6.07, 6.45) is 2.90. The van der Waals surface area contributed by atoms with Gasteiger partial charge in [0.15, 0.2) is 11.5 Å². The second kappa shape index (κ2) is 12.7. The summed E-state index contributed by atoms with van der Waals surface area (Å²) in [5.74, 6) is -0.347. The number of pyridine rings is 1. The third kappa shape index (κ3) is 6.12. The molecule has 234 valence electrons. The van der Waals surface area contributed by atoms with E-state index in [1.54, 1.807) is 24.1 Å². The van der Waals surface area contributed by atoms with Crippen molar-refractivity contribution < 1.29 is 28.7 Å². The Morgan fingerprint density at radius 1 is 0.913 bits per heavy atom. The lowest BCUT2D eigenvalue weighted by Crippen LogP contribution is -2.29. The number of methoxy groups -OCH3 is 1. The molecule has 11 heteroatoms. The summed E-state index contributed by atoms with van der Waals surface area (Å²) < 4.78 is 11.8. The number of carbonyl (C=O) groups excluding carboxylic acids is 4. The van der Waals surface area contributed by atoms with Crippen LogP contribution in [0.25, 0.3) is 0 Å². The molecule has 46 heavy (non-hydrogen) atoms. The average molecular weight is 620 g/mol. The molecular weight excluding hydrogens is 586 g/mol. The highest BCUT2D eigenvalue weighted by Gasteiger charge is 2.37. The number of rotatable bonds is 12. The second-order valence-electron chi connectivity index (χ2n) is 11.3. The van der Waals surface area contributed by atoms with Gasteiger partial charge in [-0.2, -0.15) is 0 Å². The van der Waals surface area contributed by atoms with Gasteiger partial charge in [-0.05, 0) is 60.7 Å². The number of primary amides is 1. The summed E-state index contributed by atoms with van der Waals surface area (Å²) >= 11 is 0. The number of benzene rings is 3. The van der Waals surface area contributed by atoms with Gasteiger partial charge in [0, 0.05) is 23.5 Å². The largest absolute Gasteiger partial charge is 0.493 e. The number of hydrogen-bond acceptors (Lipinski definition) is 8. The topological polar surface area (TPSA) is 144 Å². The third-order valence-corrected chi connectivity index (χ3v) is 8.09. The zero-order valence-corrected chi connectivity index (χ0v) is 25.5. The van der Waals surface area contributed by atoms with E-state index in [-0.39, 0.29) is 42.0 Å². The van der Waals surface area contributed by atoms with Crippen molar-refractivity contribution in [2.75, 3.05) is 23.9 Å². The highest BCUT2D eigenvalue weighted by molar-refractivity contribution is 6.21. The highest BCUT2D eigenvalue weighted by Crippen LogP contribution is 2.37. The lowest BCUT2D eigenvalue weighted by Gasteiger charge is -2.21. The molecule has 2 aliphatic heterocycles. The molecule has 0 aliphatic carbocycles. The summed E-state index contributed by atoms with van der Waals surface area (Å²) in [5, 5.41) is 2.73. The highest BCUT2D eigenvalue weighted by atomic mass is 16.5. The van der Waals surface area contributed by atoms with Crippen molar-refractivity contribution in [3.63, 3.8) is 0 Å². The molecular formula is C35H33N5O6. The second-order valence-corrected chi connectivity index (χ2v) is 11.3. The van der Waals surface area contributed by atoms with E-state index in [9.17, 15) is 19.2 Å². The minimum Gasteiger partial charge on any atom is -0.493 e. The molecule has 4 aromatic rings. The third-order valence-electron chi connectivity index (χ3n) is 8.09. The van der Waals surface area contributed by atoms with Crippen molar-refractivity contribution in [2.24, 2.45) is 5.73 Å². The van der Waals surface area contributed by atoms with Crippen molar-refractivity contribution in [2.45, 2.75) is 39.0 Å². The van der Waals surface area contributed by atoms with Crippen molar-refractivity contribution >= 4 is 35.1 Å². The first-order chi connectivity index (χ1) is 22.2. The lowest BCUT2D eigenvalue weighted by atomic mass is 10.1.